The zero-order valence-corrected chi connectivity index (χ0v) is 14.8. The van der Waals surface area contributed by atoms with Crippen LogP contribution in [-0.2, 0) is 16.1 Å². The van der Waals surface area contributed by atoms with Crippen LogP contribution in [0.1, 0.15) is 30.1 Å². The lowest BCUT2D eigenvalue weighted by atomic mass is 10.2. The van der Waals surface area contributed by atoms with E-state index in [4.69, 9.17) is 5.11 Å². The van der Waals surface area contributed by atoms with Gasteiger partial charge in [0.2, 0.25) is 5.91 Å². The highest BCUT2D eigenvalue weighted by molar-refractivity contribution is 7.99. The first-order valence-corrected chi connectivity index (χ1v) is 9.25. The minimum absolute atomic E-state index is 0.0542. The van der Waals surface area contributed by atoms with Crippen LogP contribution < -0.4 is 5.32 Å². The van der Waals surface area contributed by atoms with Crippen molar-refractivity contribution < 1.29 is 19.1 Å². The van der Waals surface area contributed by atoms with E-state index in [0.29, 0.717) is 17.6 Å². The fourth-order valence-corrected chi connectivity index (χ4v) is 3.25. The van der Waals surface area contributed by atoms with Crippen LogP contribution in [0.15, 0.2) is 35.5 Å². The second-order valence-corrected chi connectivity index (χ2v) is 7.03. The summed E-state index contributed by atoms with van der Waals surface area (Å²) in [6.07, 6.45) is 2.16. The molecule has 1 unspecified atom stereocenters. The molecule has 1 amide bonds. The number of carbonyl (C=O) groups is 2. The normalized spacial score (nSPS) is 14.8. The maximum Gasteiger partial charge on any atom is 0.328 e. The monoisotopic (exact) mass is 378 g/mol. The number of thioether (sulfide) groups is 1. The average molecular weight is 378 g/mol. The number of amides is 1. The summed E-state index contributed by atoms with van der Waals surface area (Å²) in [6, 6.07) is 8.36. The molecular weight excluding hydrogens is 359 g/mol. The first-order valence-electron chi connectivity index (χ1n) is 8.26. The van der Waals surface area contributed by atoms with Gasteiger partial charge in [0.05, 0.1) is 12.3 Å². The average Bonchev–Trinajstić information content (AvgIpc) is 3.40. The number of carboxylic acid groups (broad SMARTS) is 1. The topological polar surface area (TPSA) is 97.1 Å². The third kappa shape index (κ3) is 4.60. The second kappa shape index (κ2) is 8.31. The highest BCUT2D eigenvalue weighted by atomic mass is 32.2. The SMILES string of the molecule is O=C(CSc1nnc(C2CC2)n1Cc1ccccc1)NC(CF)C(=O)O. The van der Waals surface area contributed by atoms with Gasteiger partial charge < -0.3 is 15.0 Å². The Morgan fingerprint density at radius 3 is 2.65 bits per heavy atom. The number of hydrogen-bond acceptors (Lipinski definition) is 5. The number of nitrogens with zero attached hydrogens (tertiary/aromatic N) is 3. The maximum atomic E-state index is 12.6. The first kappa shape index (κ1) is 18.4. The molecule has 138 valence electrons. The molecule has 0 radical (unpaired) electrons. The molecule has 1 heterocycles. The summed E-state index contributed by atoms with van der Waals surface area (Å²) < 4.78 is 14.6. The van der Waals surface area contributed by atoms with Gasteiger partial charge in [0.25, 0.3) is 0 Å². The highest BCUT2D eigenvalue weighted by Crippen LogP contribution is 2.40. The Morgan fingerprint density at radius 1 is 1.31 bits per heavy atom. The van der Waals surface area contributed by atoms with Crippen LogP contribution >= 0.6 is 11.8 Å². The van der Waals surface area contributed by atoms with E-state index in [9.17, 15) is 14.0 Å². The summed E-state index contributed by atoms with van der Waals surface area (Å²) in [5, 5.41) is 20.0. The van der Waals surface area contributed by atoms with E-state index in [1.165, 1.54) is 11.8 Å². The van der Waals surface area contributed by atoms with E-state index in [0.717, 1.165) is 24.2 Å². The van der Waals surface area contributed by atoms with Crippen molar-refractivity contribution in [2.45, 2.75) is 36.5 Å². The predicted octanol–water partition coefficient (Wildman–Crippen LogP) is 1.83. The van der Waals surface area contributed by atoms with Gasteiger partial charge in [0, 0.05) is 5.92 Å². The number of aliphatic carboxylic acids is 1. The minimum Gasteiger partial charge on any atom is -0.480 e. The summed E-state index contributed by atoms with van der Waals surface area (Å²) in [5.74, 6) is -0.695. The zero-order chi connectivity index (χ0) is 18.5. The van der Waals surface area contributed by atoms with Crippen molar-refractivity contribution in [3.63, 3.8) is 0 Å². The first-order chi connectivity index (χ1) is 12.6. The fourth-order valence-electron chi connectivity index (χ4n) is 2.50. The Hall–Kier alpha value is -2.42. The standard InChI is InChI=1S/C17H19FN4O3S/c18-8-13(16(24)25)19-14(23)10-26-17-21-20-15(12-6-7-12)22(17)9-11-4-2-1-3-5-11/h1-5,12-13H,6-10H2,(H,19,23)(H,24,25). The summed E-state index contributed by atoms with van der Waals surface area (Å²) in [4.78, 5) is 22.7. The molecule has 0 aliphatic heterocycles. The Balaban J connectivity index is 1.68. The summed E-state index contributed by atoms with van der Waals surface area (Å²) >= 11 is 1.17. The Morgan fingerprint density at radius 2 is 2.04 bits per heavy atom. The van der Waals surface area contributed by atoms with Crippen LogP contribution in [0.25, 0.3) is 0 Å². The van der Waals surface area contributed by atoms with Gasteiger partial charge in [-0.3, -0.25) is 4.79 Å². The lowest BCUT2D eigenvalue weighted by Crippen LogP contribution is -2.43. The van der Waals surface area contributed by atoms with Crippen LogP contribution in [0.2, 0.25) is 0 Å². The van der Waals surface area contributed by atoms with Gasteiger partial charge in [-0.25, -0.2) is 9.18 Å². The molecule has 2 aromatic rings. The molecule has 9 heteroatoms. The van der Waals surface area contributed by atoms with Crippen LogP contribution in [0, 0.1) is 0 Å². The molecule has 1 fully saturated rings. The van der Waals surface area contributed by atoms with Gasteiger partial charge in [-0.2, -0.15) is 0 Å². The van der Waals surface area contributed by atoms with Crippen LogP contribution in [0.5, 0.6) is 0 Å². The molecule has 26 heavy (non-hydrogen) atoms. The van der Waals surface area contributed by atoms with E-state index >= 15 is 0 Å². The maximum absolute atomic E-state index is 12.6. The largest absolute Gasteiger partial charge is 0.480 e. The van der Waals surface area contributed by atoms with Crippen molar-refractivity contribution in [1.82, 2.24) is 20.1 Å². The van der Waals surface area contributed by atoms with Gasteiger partial charge >= 0.3 is 5.97 Å². The van der Waals surface area contributed by atoms with E-state index in [-0.39, 0.29) is 5.75 Å². The van der Waals surface area contributed by atoms with Crippen LogP contribution in [-0.4, -0.2) is 50.2 Å². The molecule has 1 saturated carbocycles. The van der Waals surface area contributed by atoms with Crippen molar-refractivity contribution in [2.75, 3.05) is 12.4 Å². The third-order valence-corrected chi connectivity index (χ3v) is 4.96. The molecule has 3 rings (SSSR count). The van der Waals surface area contributed by atoms with Crippen molar-refractivity contribution in [1.29, 1.82) is 0 Å². The number of rotatable bonds is 9. The molecule has 1 aliphatic carbocycles. The van der Waals surface area contributed by atoms with Gasteiger partial charge in [0.1, 0.15) is 12.5 Å². The molecule has 1 aromatic carbocycles. The molecule has 1 aromatic heterocycles. The number of carbonyl (C=O) groups excluding carboxylic acids is 1. The number of carboxylic acids is 1. The van der Waals surface area contributed by atoms with Crippen molar-refractivity contribution in [3.05, 3.63) is 41.7 Å². The van der Waals surface area contributed by atoms with E-state index in [1.807, 2.05) is 34.9 Å². The molecule has 1 atom stereocenters. The number of alkyl halides is 1. The molecule has 1 aliphatic rings. The highest BCUT2D eigenvalue weighted by Gasteiger charge is 2.30. The second-order valence-electron chi connectivity index (χ2n) is 6.09. The van der Waals surface area contributed by atoms with Crippen LogP contribution in [0.3, 0.4) is 0 Å². The number of hydrogen-bond donors (Lipinski definition) is 2. The zero-order valence-electron chi connectivity index (χ0n) is 14.0. The molecular formula is C17H19FN4O3S. The summed E-state index contributed by atoms with van der Waals surface area (Å²) in [7, 11) is 0. The van der Waals surface area contributed by atoms with Gasteiger partial charge in [-0.1, -0.05) is 42.1 Å². The summed E-state index contributed by atoms with van der Waals surface area (Å²) in [5.41, 5.74) is 1.10. The third-order valence-electron chi connectivity index (χ3n) is 3.99. The molecule has 7 nitrogen and oxygen atoms in total. The van der Waals surface area contributed by atoms with Crippen LogP contribution in [0.4, 0.5) is 4.39 Å². The van der Waals surface area contributed by atoms with Gasteiger partial charge in [-0.15, -0.1) is 10.2 Å². The minimum atomic E-state index is -1.52. The van der Waals surface area contributed by atoms with E-state index in [2.05, 4.69) is 15.5 Å². The van der Waals surface area contributed by atoms with Crippen molar-refractivity contribution in [3.8, 4) is 0 Å². The molecule has 0 bridgehead atoms. The van der Waals surface area contributed by atoms with Gasteiger partial charge in [-0.05, 0) is 18.4 Å². The Bertz CT molecular complexity index is 780. The lowest BCUT2D eigenvalue weighted by Gasteiger charge is -2.12. The number of nitrogens with one attached hydrogen (secondary N) is 1. The smallest absolute Gasteiger partial charge is 0.328 e. The Kier molecular flexibility index (Phi) is 5.87. The van der Waals surface area contributed by atoms with Gasteiger partial charge in [0.15, 0.2) is 11.2 Å². The number of benzene rings is 1. The Labute approximate surface area is 154 Å². The molecule has 0 spiro atoms. The van der Waals surface area contributed by atoms with Crippen molar-refractivity contribution >= 4 is 23.6 Å². The number of aromatic nitrogens is 3. The van der Waals surface area contributed by atoms with E-state index < -0.39 is 24.6 Å². The summed E-state index contributed by atoms with van der Waals surface area (Å²) in [6.45, 7) is -0.548. The van der Waals surface area contributed by atoms with Crippen molar-refractivity contribution in [2.24, 2.45) is 0 Å². The quantitative estimate of drug-likeness (QED) is 0.646. The predicted molar refractivity (Wildman–Crippen MR) is 93.8 cm³/mol. The lowest BCUT2D eigenvalue weighted by molar-refractivity contribution is -0.141. The number of halogens is 1. The molecule has 0 saturated heterocycles. The van der Waals surface area contributed by atoms with E-state index in [1.54, 1.807) is 0 Å². The molecule has 2 N–H and O–H groups in total. The fraction of sp³-hybridized carbons (Fsp3) is 0.412.